The highest BCUT2D eigenvalue weighted by Crippen LogP contribution is 2.59. The summed E-state index contributed by atoms with van der Waals surface area (Å²) in [5.74, 6) is -2.09. The van der Waals surface area contributed by atoms with Crippen molar-refractivity contribution in [1.29, 1.82) is 0 Å². The molecule has 2 aromatic carbocycles. The molecule has 35 heavy (non-hydrogen) atoms. The van der Waals surface area contributed by atoms with Crippen LogP contribution in [-0.2, 0) is 9.59 Å². The Kier molecular flexibility index (Phi) is 8.79. The SMILES string of the molecule is CCCCC(CCC)(C(=O)O)C1=Cc2cccc3cccc(c23)C1C(CCC)(CCCC)C(=O)O. The fourth-order valence-electron chi connectivity index (χ4n) is 6.53. The van der Waals surface area contributed by atoms with Crippen LogP contribution in [0.5, 0.6) is 0 Å². The van der Waals surface area contributed by atoms with Crippen LogP contribution in [0.1, 0.15) is 109 Å². The Morgan fingerprint density at radius 1 is 0.771 bits per heavy atom. The van der Waals surface area contributed by atoms with Crippen molar-refractivity contribution >= 4 is 28.8 Å². The minimum atomic E-state index is -1.08. The quantitative estimate of drug-likeness (QED) is 0.286. The fourth-order valence-corrected chi connectivity index (χ4v) is 6.53. The van der Waals surface area contributed by atoms with Crippen molar-refractivity contribution in [1.82, 2.24) is 0 Å². The van der Waals surface area contributed by atoms with Crippen LogP contribution < -0.4 is 0 Å². The molecule has 2 aromatic rings. The lowest BCUT2D eigenvalue weighted by atomic mass is 9.55. The molecule has 3 rings (SSSR count). The highest BCUT2D eigenvalue weighted by Gasteiger charge is 2.54. The van der Waals surface area contributed by atoms with Crippen LogP contribution in [0.4, 0.5) is 0 Å². The zero-order valence-electron chi connectivity index (χ0n) is 21.9. The Morgan fingerprint density at radius 3 is 1.97 bits per heavy atom. The van der Waals surface area contributed by atoms with Gasteiger partial charge in [-0.05, 0) is 53.2 Å². The smallest absolute Gasteiger partial charge is 0.313 e. The lowest BCUT2D eigenvalue weighted by molar-refractivity contribution is -0.154. The Labute approximate surface area is 210 Å². The second-order valence-electron chi connectivity index (χ2n) is 10.4. The lowest BCUT2D eigenvalue weighted by Crippen LogP contribution is -2.45. The third kappa shape index (κ3) is 4.77. The normalized spacial score (nSPS) is 18.5. The lowest BCUT2D eigenvalue weighted by Gasteiger charge is -2.47. The van der Waals surface area contributed by atoms with E-state index in [2.05, 4.69) is 44.2 Å². The Hall–Kier alpha value is -2.62. The fraction of sp³-hybridized carbons (Fsp3) is 0.548. The first-order valence-corrected chi connectivity index (χ1v) is 13.5. The van der Waals surface area contributed by atoms with Crippen molar-refractivity contribution in [3.05, 3.63) is 53.1 Å². The van der Waals surface area contributed by atoms with Crippen LogP contribution in [0.3, 0.4) is 0 Å². The molecule has 190 valence electrons. The summed E-state index contributed by atoms with van der Waals surface area (Å²) in [6.07, 6.45) is 9.05. The molecular formula is C31H42O4. The van der Waals surface area contributed by atoms with Crippen molar-refractivity contribution < 1.29 is 19.8 Å². The van der Waals surface area contributed by atoms with Crippen LogP contribution >= 0.6 is 0 Å². The first kappa shape index (κ1) is 27.0. The van der Waals surface area contributed by atoms with Crippen molar-refractivity contribution in [3.63, 3.8) is 0 Å². The van der Waals surface area contributed by atoms with Gasteiger partial charge in [0, 0.05) is 5.92 Å². The van der Waals surface area contributed by atoms with Gasteiger partial charge in [-0.1, -0.05) is 109 Å². The first-order valence-electron chi connectivity index (χ1n) is 13.5. The number of benzene rings is 2. The van der Waals surface area contributed by atoms with Gasteiger partial charge in [0.15, 0.2) is 0 Å². The predicted molar refractivity (Wildman–Crippen MR) is 144 cm³/mol. The van der Waals surface area contributed by atoms with E-state index in [0.29, 0.717) is 25.7 Å². The minimum Gasteiger partial charge on any atom is -0.481 e. The number of rotatable bonds is 14. The Bertz CT molecular complexity index is 1080. The second-order valence-corrected chi connectivity index (χ2v) is 10.4. The van der Waals surface area contributed by atoms with Gasteiger partial charge in [-0.25, -0.2) is 0 Å². The van der Waals surface area contributed by atoms with Gasteiger partial charge in [-0.15, -0.1) is 0 Å². The van der Waals surface area contributed by atoms with Crippen LogP contribution in [0.15, 0.2) is 42.0 Å². The summed E-state index contributed by atoms with van der Waals surface area (Å²) in [5.41, 5.74) is 0.679. The molecule has 0 fully saturated rings. The van der Waals surface area contributed by atoms with Gasteiger partial charge in [-0.2, -0.15) is 0 Å². The van der Waals surface area contributed by atoms with Crippen molar-refractivity contribution in [3.8, 4) is 0 Å². The van der Waals surface area contributed by atoms with E-state index in [1.807, 2.05) is 26.0 Å². The topological polar surface area (TPSA) is 74.6 Å². The van der Waals surface area contributed by atoms with Crippen molar-refractivity contribution in [2.45, 2.75) is 97.8 Å². The van der Waals surface area contributed by atoms with Gasteiger partial charge in [0.1, 0.15) is 0 Å². The summed E-state index contributed by atoms with van der Waals surface area (Å²) in [6.45, 7) is 8.25. The van der Waals surface area contributed by atoms with E-state index in [0.717, 1.165) is 66.0 Å². The molecule has 1 aliphatic rings. The summed E-state index contributed by atoms with van der Waals surface area (Å²) in [5, 5.41) is 23.9. The van der Waals surface area contributed by atoms with E-state index in [-0.39, 0.29) is 0 Å². The molecule has 0 amide bonds. The van der Waals surface area contributed by atoms with Crippen LogP contribution in [-0.4, -0.2) is 22.2 Å². The van der Waals surface area contributed by atoms with E-state index in [1.165, 1.54) is 0 Å². The molecule has 4 nitrogen and oxygen atoms in total. The van der Waals surface area contributed by atoms with E-state index >= 15 is 0 Å². The minimum absolute atomic E-state index is 0.468. The van der Waals surface area contributed by atoms with E-state index in [4.69, 9.17) is 0 Å². The summed E-state index contributed by atoms with van der Waals surface area (Å²) in [7, 11) is 0. The summed E-state index contributed by atoms with van der Waals surface area (Å²) < 4.78 is 0. The van der Waals surface area contributed by atoms with Crippen LogP contribution in [0.25, 0.3) is 16.8 Å². The molecule has 3 unspecified atom stereocenters. The number of hydrogen-bond donors (Lipinski definition) is 2. The molecule has 2 N–H and O–H groups in total. The Balaban J connectivity index is 2.44. The maximum atomic E-state index is 13.3. The molecular weight excluding hydrogens is 436 g/mol. The summed E-state index contributed by atoms with van der Waals surface area (Å²) in [6, 6.07) is 12.3. The molecule has 0 saturated carbocycles. The molecule has 3 atom stereocenters. The van der Waals surface area contributed by atoms with E-state index in [9.17, 15) is 19.8 Å². The highest BCUT2D eigenvalue weighted by atomic mass is 16.4. The third-order valence-electron chi connectivity index (χ3n) is 8.15. The predicted octanol–water partition coefficient (Wildman–Crippen LogP) is 8.44. The second kappa shape index (κ2) is 11.4. The van der Waals surface area contributed by atoms with Crippen LogP contribution in [0, 0.1) is 10.8 Å². The summed E-state index contributed by atoms with van der Waals surface area (Å²) >= 11 is 0. The van der Waals surface area contributed by atoms with Gasteiger partial charge in [0.2, 0.25) is 0 Å². The number of unbranched alkanes of at least 4 members (excludes halogenated alkanes) is 2. The van der Waals surface area contributed by atoms with Gasteiger partial charge < -0.3 is 10.2 Å². The van der Waals surface area contributed by atoms with E-state index in [1.54, 1.807) is 0 Å². The molecule has 0 aliphatic heterocycles. The molecule has 0 radical (unpaired) electrons. The Morgan fingerprint density at radius 2 is 1.40 bits per heavy atom. The number of hydrogen-bond acceptors (Lipinski definition) is 2. The van der Waals surface area contributed by atoms with Gasteiger partial charge in [-0.3, -0.25) is 9.59 Å². The zero-order chi connectivity index (χ0) is 25.6. The standard InChI is InChI=1S/C31H42O4/c1-5-9-19-30(17-7-3,28(32)33)25-21-23-15-11-13-22-14-12-16-24(26(22)23)27(25)31(18-8-4,29(34)35)20-10-6-2/h11-16,21,27H,5-10,17-20H2,1-4H3,(H,32,33)(H,34,35). The maximum Gasteiger partial charge on any atom is 0.313 e. The van der Waals surface area contributed by atoms with Gasteiger partial charge in [0.25, 0.3) is 0 Å². The largest absolute Gasteiger partial charge is 0.481 e. The van der Waals surface area contributed by atoms with Gasteiger partial charge in [0.05, 0.1) is 10.8 Å². The van der Waals surface area contributed by atoms with Crippen molar-refractivity contribution in [2.75, 3.05) is 0 Å². The molecule has 1 aliphatic carbocycles. The summed E-state index contributed by atoms with van der Waals surface area (Å²) in [4.78, 5) is 26.5. The number of aliphatic carboxylic acids is 2. The molecule has 0 spiro atoms. The maximum absolute atomic E-state index is 13.3. The van der Waals surface area contributed by atoms with E-state index < -0.39 is 28.7 Å². The molecule has 0 saturated heterocycles. The average Bonchev–Trinajstić information content (AvgIpc) is 2.84. The van der Waals surface area contributed by atoms with Crippen molar-refractivity contribution in [2.24, 2.45) is 10.8 Å². The molecule has 0 bridgehead atoms. The monoisotopic (exact) mass is 478 g/mol. The third-order valence-corrected chi connectivity index (χ3v) is 8.15. The molecule has 0 heterocycles. The zero-order valence-corrected chi connectivity index (χ0v) is 21.9. The number of carboxylic acids is 2. The van der Waals surface area contributed by atoms with Gasteiger partial charge >= 0.3 is 11.9 Å². The molecule has 4 heteroatoms. The number of carbonyl (C=O) groups is 2. The molecule has 0 aromatic heterocycles. The number of carboxylic acid groups (broad SMARTS) is 2. The first-order chi connectivity index (χ1) is 16.8. The average molecular weight is 479 g/mol. The van der Waals surface area contributed by atoms with Crippen LogP contribution in [0.2, 0.25) is 0 Å². The highest BCUT2D eigenvalue weighted by molar-refractivity contribution is 5.99.